The van der Waals surface area contributed by atoms with Crippen molar-refractivity contribution in [1.82, 2.24) is 9.88 Å². The maximum Gasteiger partial charge on any atom is 0.226 e. The molecule has 0 N–H and O–H groups in total. The molecule has 0 amide bonds. The molecule has 2 heterocycles. The molecule has 2 aliphatic rings. The van der Waals surface area contributed by atoms with Crippen LogP contribution in [0.15, 0.2) is 22.6 Å². The van der Waals surface area contributed by atoms with E-state index in [1.807, 2.05) is 6.92 Å². The van der Waals surface area contributed by atoms with E-state index in [0.717, 1.165) is 29.5 Å². The zero-order valence-electron chi connectivity index (χ0n) is 14.2. The van der Waals surface area contributed by atoms with E-state index in [9.17, 15) is 4.39 Å². The molecular weight excluding hydrogens is 307 g/mol. The molecule has 1 aromatic carbocycles. The molecule has 2 bridgehead atoms. The van der Waals surface area contributed by atoms with Crippen LogP contribution in [0.2, 0.25) is 0 Å². The minimum absolute atomic E-state index is 0.207. The molecule has 1 saturated heterocycles. The number of halogens is 1. The molecule has 4 rings (SSSR count). The van der Waals surface area contributed by atoms with Crippen molar-refractivity contribution in [3.8, 4) is 17.2 Å². The van der Waals surface area contributed by atoms with Gasteiger partial charge in [0.05, 0.1) is 12.8 Å². The van der Waals surface area contributed by atoms with Gasteiger partial charge >= 0.3 is 0 Å². The van der Waals surface area contributed by atoms with E-state index in [-0.39, 0.29) is 11.6 Å². The SMILES string of the molecule is COc1cc(-c2nc(CN3C[C@@H]4CCC[C@H]3C4)c(C)o2)ccc1F. The molecular formula is C19H23FN2O2. The molecule has 4 nitrogen and oxygen atoms in total. The summed E-state index contributed by atoms with van der Waals surface area (Å²) in [6.07, 6.45) is 5.35. The third kappa shape index (κ3) is 2.81. The first-order chi connectivity index (χ1) is 11.6. The first-order valence-corrected chi connectivity index (χ1v) is 8.68. The van der Waals surface area contributed by atoms with Crippen molar-refractivity contribution < 1.29 is 13.5 Å². The van der Waals surface area contributed by atoms with Gasteiger partial charge in [-0.1, -0.05) is 6.42 Å². The van der Waals surface area contributed by atoms with E-state index in [1.165, 1.54) is 45.4 Å². The van der Waals surface area contributed by atoms with Gasteiger partial charge in [0.1, 0.15) is 5.76 Å². The van der Waals surface area contributed by atoms with Crippen molar-refractivity contribution >= 4 is 0 Å². The molecule has 1 saturated carbocycles. The summed E-state index contributed by atoms with van der Waals surface area (Å²) < 4.78 is 24.5. The number of hydrogen-bond acceptors (Lipinski definition) is 4. The highest BCUT2D eigenvalue weighted by atomic mass is 19.1. The number of likely N-dealkylation sites (tertiary alicyclic amines) is 1. The molecule has 1 aliphatic heterocycles. The molecule has 1 aromatic heterocycles. The largest absolute Gasteiger partial charge is 0.494 e. The zero-order chi connectivity index (χ0) is 16.7. The average molecular weight is 330 g/mol. The summed E-state index contributed by atoms with van der Waals surface area (Å²) in [5, 5.41) is 0. The monoisotopic (exact) mass is 330 g/mol. The normalized spacial score (nSPS) is 23.6. The molecule has 24 heavy (non-hydrogen) atoms. The van der Waals surface area contributed by atoms with Crippen LogP contribution in [-0.2, 0) is 6.54 Å². The van der Waals surface area contributed by atoms with Gasteiger partial charge < -0.3 is 9.15 Å². The van der Waals surface area contributed by atoms with Crippen LogP contribution in [0.4, 0.5) is 4.39 Å². The topological polar surface area (TPSA) is 38.5 Å². The Bertz CT molecular complexity index is 743. The number of fused-ring (bicyclic) bond motifs is 2. The fourth-order valence-corrected chi connectivity index (χ4v) is 4.12. The van der Waals surface area contributed by atoms with Crippen molar-refractivity contribution in [2.24, 2.45) is 5.92 Å². The minimum Gasteiger partial charge on any atom is -0.494 e. The Morgan fingerprint density at radius 1 is 1.38 bits per heavy atom. The Kier molecular flexibility index (Phi) is 4.04. The van der Waals surface area contributed by atoms with Crippen molar-refractivity contribution in [2.45, 2.75) is 45.2 Å². The smallest absolute Gasteiger partial charge is 0.226 e. The number of methoxy groups -OCH3 is 1. The van der Waals surface area contributed by atoms with Crippen LogP contribution in [0.25, 0.3) is 11.5 Å². The quantitative estimate of drug-likeness (QED) is 0.843. The second kappa shape index (κ2) is 6.20. The third-order valence-electron chi connectivity index (χ3n) is 5.41. The fourth-order valence-electron chi connectivity index (χ4n) is 4.12. The lowest BCUT2D eigenvalue weighted by Crippen LogP contribution is -2.28. The molecule has 1 aliphatic carbocycles. The van der Waals surface area contributed by atoms with Crippen molar-refractivity contribution in [3.05, 3.63) is 35.5 Å². The highest BCUT2D eigenvalue weighted by Gasteiger charge is 2.35. The van der Waals surface area contributed by atoms with Crippen molar-refractivity contribution in [3.63, 3.8) is 0 Å². The van der Waals surface area contributed by atoms with Crippen LogP contribution < -0.4 is 4.74 Å². The summed E-state index contributed by atoms with van der Waals surface area (Å²) in [6, 6.07) is 5.40. The molecule has 2 fully saturated rings. The number of aryl methyl sites for hydroxylation is 1. The highest BCUT2D eigenvalue weighted by molar-refractivity contribution is 5.56. The number of oxazole rings is 1. The molecule has 128 valence electrons. The van der Waals surface area contributed by atoms with Crippen molar-refractivity contribution in [1.29, 1.82) is 0 Å². The second-order valence-electron chi connectivity index (χ2n) is 6.99. The van der Waals surface area contributed by atoms with Crippen LogP contribution in [-0.4, -0.2) is 29.6 Å². The van der Waals surface area contributed by atoms with Crippen LogP contribution in [0.5, 0.6) is 5.75 Å². The Balaban J connectivity index is 1.56. The Morgan fingerprint density at radius 2 is 2.25 bits per heavy atom. The lowest BCUT2D eigenvalue weighted by atomic mass is 9.90. The van der Waals surface area contributed by atoms with Crippen LogP contribution in [0.3, 0.4) is 0 Å². The Hall–Kier alpha value is -1.88. The highest BCUT2D eigenvalue weighted by Crippen LogP contribution is 2.36. The number of ether oxygens (including phenoxy) is 1. The predicted molar refractivity (Wildman–Crippen MR) is 89.3 cm³/mol. The predicted octanol–water partition coefficient (Wildman–Crippen LogP) is 4.17. The molecule has 5 heteroatoms. The van der Waals surface area contributed by atoms with E-state index in [2.05, 4.69) is 9.88 Å². The minimum atomic E-state index is -0.380. The number of aromatic nitrogens is 1. The Morgan fingerprint density at radius 3 is 3.04 bits per heavy atom. The molecule has 2 atom stereocenters. The fraction of sp³-hybridized carbons (Fsp3) is 0.526. The lowest BCUT2D eigenvalue weighted by Gasteiger charge is -2.23. The van der Waals surface area contributed by atoms with Gasteiger partial charge in [0.25, 0.3) is 0 Å². The van der Waals surface area contributed by atoms with E-state index in [4.69, 9.17) is 9.15 Å². The van der Waals surface area contributed by atoms with Gasteiger partial charge in [-0.25, -0.2) is 9.37 Å². The molecule has 2 aromatic rings. The summed E-state index contributed by atoms with van der Waals surface area (Å²) in [7, 11) is 1.46. The van der Waals surface area contributed by atoms with Gasteiger partial charge in [0.2, 0.25) is 5.89 Å². The van der Waals surface area contributed by atoms with Gasteiger partial charge in [-0.3, -0.25) is 4.90 Å². The number of hydrogen-bond donors (Lipinski definition) is 0. The number of benzene rings is 1. The van der Waals surface area contributed by atoms with Gasteiger partial charge in [-0.05, 0) is 50.3 Å². The summed E-state index contributed by atoms with van der Waals surface area (Å²) in [5.41, 5.74) is 1.73. The zero-order valence-corrected chi connectivity index (χ0v) is 14.2. The van der Waals surface area contributed by atoms with Crippen LogP contribution >= 0.6 is 0 Å². The number of rotatable bonds is 4. The summed E-state index contributed by atoms with van der Waals surface area (Å²) >= 11 is 0. The summed E-state index contributed by atoms with van der Waals surface area (Å²) in [4.78, 5) is 7.23. The first-order valence-electron chi connectivity index (χ1n) is 8.68. The van der Waals surface area contributed by atoms with E-state index >= 15 is 0 Å². The second-order valence-corrected chi connectivity index (χ2v) is 6.99. The third-order valence-corrected chi connectivity index (χ3v) is 5.41. The lowest BCUT2D eigenvalue weighted by molar-refractivity contribution is 0.233. The van der Waals surface area contributed by atoms with Gasteiger partial charge in [0.15, 0.2) is 11.6 Å². The molecule has 0 radical (unpaired) electrons. The van der Waals surface area contributed by atoms with E-state index < -0.39 is 0 Å². The van der Waals surface area contributed by atoms with Crippen molar-refractivity contribution in [2.75, 3.05) is 13.7 Å². The van der Waals surface area contributed by atoms with Crippen LogP contribution in [0, 0.1) is 18.7 Å². The molecule has 0 unspecified atom stereocenters. The number of nitrogens with zero attached hydrogens (tertiary/aromatic N) is 2. The first kappa shape index (κ1) is 15.6. The Labute approximate surface area is 141 Å². The standard InChI is InChI=1S/C19H23FN2O2/c1-12-17(11-22-10-13-4-3-5-15(22)8-13)21-19(24-12)14-6-7-16(20)18(9-14)23-2/h6-7,9,13,15H,3-5,8,10-11H2,1-2H3/t13-,15+/m1/s1. The van der Waals surface area contributed by atoms with Gasteiger partial charge in [-0.15, -0.1) is 0 Å². The van der Waals surface area contributed by atoms with Gasteiger partial charge in [0, 0.05) is 24.7 Å². The van der Waals surface area contributed by atoms with E-state index in [0.29, 0.717) is 11.9 Å². The van der Waals surface area contributed by atoms with Crippen LogP contribution in [0.1, 0.15) is 37.1 Å². The maximum atomic E-state index is 13.6. The maximum absolute atomic E-state index is 13.6. The average Bonchev–Trinajstić information content (AvgIpc) is 3.08. The molecule has 0 spiro atoms. The summed E-state index contributed by atoms with van der Waals surface area (Å²) in [6.45, 7) is 3.97. The summed E-state index contributed by atoms with van der Waals surface area (Å²) in [5.74, 6) is 2.06. The van der Waals surface area contributed by atoms with E-state index in [1.54, 1.807) is 12.1 Å². The van der Waals surface area contributed by atoms with Gasteiger partial charge in [-0.2, -0.15) is 0 Å².